The van der Waals surface area contributed by atoms with Crippen molar-refractivity contribution in [2.24, 2.45) is 39.7 Å². The van der Waals surface area contributed by atoms with Crippen molar-refractivity contribution in [1.29, 1.82) is 0 Å². The molecule has 3 aliphatic rings. The number of hydrogen-bond acceptors (Lipinski definition) is 7. The summed E-state index contributed by atoms with van der Waals surface area (Å²) in [6.45, 7) is 13.2. The molecule has 2 bridgehead atoms. The molecule has 0 aromatic heterocycles. The minimum atomic E-state index is -1.22. The number of alkyl carbamates (subject to hydrolysis) is 2. The molecule has 3 amide bonds. The average Bonchev–Trinajstić information content (AvgIpc) is 3.12. The minimum Gasteiger partial charge on any atom is -0.445 e. The van der Waals surface area contributed by atoms with E-state index in [2.05, 4.69) is 13.5 Å². The molecule has 3 saturated carbocycles. The van der Waals surface area contributed by atoms with Crippen LogP contribution in [0.25, 0.3) is 0 Å². The van der Waals surface area contributed by atoms with Crippen molar-refractivity contribution in [3.63, 3.8) is 0 Å². The highest BCUT2D eigenvalue weighted by molar-refractivity contribution is 5.90. The number of rotatable bonds is 4. The zero-order valence-corrected chi connectivity index (χ0v) is 20.8. The molecule has 0 aromatic rings. The van der Waals surface area contributed by atoms with Crippen LogP contribution in [-0.4, -0.2) is 47.3 Å². The zero-order chi connectivity index (χ0) is 25.6. The van der Waals surface area contributed by atoms with E-state index in [9.17, 15) is 24.3 Å². The maximum Gasteiger partial charge on any atom is 0.417 e. The van der Waals surface area contributed by atoms with Gasteiger partial charge in [0.25, 0.3) is 5.91 Å². The average molecular weight is 479 g/mol. The molecule has 1 unspecified atom stereocenters. The number of carbonyl (C=O) groups is 4. The molecule has 3 fully saturated rings. The van der Waals surface area contributed by atoms with Crippen LogP contribution in [0.15, 0.2) is 12.7 Å². The van der Waals surface area contributed by atoms with Crippen molar-refractivity contribution in [2.45, 2.75) is 85.0 Å². The Hall–Kier alpha value is -2.42. The van der Waals surface area contributed by atoms with Gasteiger partial charge < -0.3 is 20.3 Å². The van der Waals surface area contributed by atoms with Gasteiger partial charge in [-0.2, -0.15) is 0 Å². The number of carbonyl (C=O) groups excluding carboxylic acids is 4. The van der Waals surface area contributed by atoms with E-state index in [0.29, 0.717) is 12.8 Å². The SMILES string of the molecule is C=C[C@]1(C)C[C@@H](OC(=O)NC(=O)O[C@@H](C)C(N)=O)[C@@]2(C)C(C)CC[C@]3(CCC(=O)[C@H]32)[C@@H](C)[C@@H]1O. The first kappa shape index (κ1) is 26.2. The molecule has 190 valence electrons. The van der Waals surface area contributed by atoms with E-state index in [1.807, 2.05) is 26.1 Å². The van der Waals surface area contributed by atoms with Crippen LogP contribution in [0.5, 0.6) is 0 Å². The number of aliphatic hydroxyl groups excluding tert-OH is 1. The van der Waals surface area contributed by atoms with Gasteiger partial charge in [-0.05, 0) is 49.9 Å². The summed E-state index contributed by atoms with van der Waals surface area (Å²) in [6, 6.07) is 0. The van der Waals surface area contributed by atoms with E-state index in [1.54, 1.807) is 6.08 Å². The Morgan fingerprint density at radius 1 is 1.24 bits per heavy atom. The summed E-state index contributed by atoms with van der Waals surface area (Å²) in [5.74, 6) is -1.17. The fourth-order valence-corrected chi connectivity index (χ4v) is 6.99. The third-order valence-corrected chi connectivity index (χ3v) is 9.44. The van der Waals surface area contributed by atoms with Crippen molar-refractivity contribution < 1.29 is 33.8 Å². The predicted octanol–water partition coefficient (Wildman–Crippen LogP) is 3.09. The smallest absolute Gasteiger partial charge is 0.417 e. The Kier molecular flexibility index (Phi) is 6.92. The number of ether oxygens (including phenoxy) is 2. The van der Waals surface area contributed by atoms with E-state index >= 15 is 0 Å². The number of nitrogens with two attached hydrogens (primary N) is 1. The monoisotopic (exact) mass is 478 g/mol. The lowest BCUT2D eigenvalue weighted by Crippen LogP contribution is -2.63. The first-order valence-corrected chi connectivity index (χ1v) is 12.0. The highest BCUT2D eigenvalue weighted by Gasteiger charge is 2.68. The molecule has 9 heteroatoms. The summed E-state index contributed by atoms with van der Waals surface area (Å²) in [4.78, 5) is 49.3. The minimum absolute atomic E-state index is 0.0591. The van der Waals surface area contributed by atoms with Gasteiger partial charge in [-0.25, -0.2) is 14.9 Å². The Bertz CT molecular complexity index is 890. The van der Waals surface area contributed by atoms with Crippen LogP contribution in [0.1, 0.15) is 66.7 Å². The van der Waals surface area contributed by atoms with Crippen molar-refractivity contribution >= 4 is 23.9 Å². The fourth-order valence-electron chi connectivity index (χ4n) is 6.99. The summed E-state index contributed by atoms with van der Waals surface area (Å²) in [6.07, 6.45) is -0.261. The van der Waals surface area contributed by atoms with Gasteiger partial charge in [-0.1, -0.05) is 33.8 Å². The van der Waals surface area contributed by atoms with Crippen molar-refractivity contribution in [2.75, 3.05) is 0 Å². The van der Waals surface area contributed by atoms with Gasteiger partial charge in [0, 0.05) is 23.2 Å². The topological polar surface area (TPSA) is 145 Å². The van der Waals surface area contributed by atoms with Crippen LogP contribution in [0, 0.1) is 34.0 Å². The Balaban J connectivity index is 1.98. The predicted molar refractivity (Wildman–Crippen MR) is 123 cm³/mol. The standard InChI is InChI=1S/C25H38N2O7/c1-7-23(5)12-17(34-22(32)27-21(31)33-15(4)20(26)30)24(6)13(2)8-10-25(14(3)19(23)29)11-9-16(28)18(24)25/h7,13-15,17-19,29H,1,8-12H2,2-6H3,(H2,26,30)(H,27,31,32)/t13?,14-,15-,17+,18-,19-,23+,24+,25-/m0/s1. The maximum atomic E-state index is 13.3. The van der Waals surface area contributed by atoms with E-state index < -0.39 is 52.7 Å². The largest absolute Gasteiger partial charge is 0.445 e. The third-order valence-electron chi connectivity index (χ3n) is 9.44. The van der Waals surface area contributed by atoms with Crippen LogP contribution < -0.4 is 11.1 Å². The number of hydrogen-bond donors (Lipinski definition) is 3. The first-order chi connectivity index (χ1) is 15.7. The van der Waals surface area contributed by atoms with E-state index in [4.69, 9.17) is 15.2 Å². The van der Waals surface area contributed by atoms with E-state index in [1.165, 1.54) is 6.92 Å². The van der Waals surface area contributed by atoms with Gasteiger partial charge in [0.1, 0.15) is 11.9 Å². The van der Waals surface area contributed by atoms with Gasteiger partial charge in [0.15, 0.2) is 6.10 Å². The van der Waals surface area contributed by atoms with Gasteiger partial charge >= 0.3 is 12.2 Å². The summed E-state index contributed by atoms with van der Waals surface area (Å²) < 4.78 is 10.6. The number of imide groups is 1. The lowest BCUT2D eigenvalue weighted by molar-refractivity contribution is -0.191. The molecule has 0 aromatic carbocycles. The second-order valence-corrected chi connectivity index (χ2v) is 11.1. The van der Waals surface area contributed by atoms with Crippen molar-refractivity contribution in [1.82, 2.24) is 5.32 Å². The molecule has 0 radical (unpaired) electrons. The van der Waals surface area contributed by atoms with Crippen LogP contribution in [-0.2, 0) is 19.1 Å². The van der Waals surface area contributed by atoms with Crippen LogP contribution in [0.4, 0.5) is 9.59 Å². The molecule has 34 heavy (non-hydrogen) atoms. The fraction of sp³-hybridized carbons (Fsp3) is 0.760. The normalized spacial score (nSPS) is 42.4. The quantitative estimate of drug-likeness (QED) is 0.526. The Morgan fingerprint density at radius 2 is 1.88 bits per heavy atom. The first-order valence-electron chi connectivity index (χ1n) is 12.0. The number of primary amides is 1. The van der Waals surface area contributed by atoms with Crippen molar-refractivity contribution in [3.05, 3.63) is 12.7 Å². The van der Waals surface area contributed by atoms with Crippen LogP contribution >= 0.6 is 0 Å². The highest BCUT2D eigenvalue weighted by atomic mass is 16.6. The summed E-state index contributed by atoms with van der Waals surface area (Å²) in [7, 11) is 0. The lowest BCUT2D eigenvalue weighted by Gasteiger charge is -2.61. The van der Waals surface area contributed by atoms with E-state index in [0.717, 1.165) is 12.8 Å². The van der Waals surface area contributed by atoms with Gasteiger partial charge in [-0.3, -0.25) is 9.59 Å². The molecule has 0 saturated heterocycles. The Morgan fingerprint density at radius 3 is 2.47 bits per heavy atom. The summed E-state index contributed by atoms with van der Waals surface area (Å²) in [5, 5.41) is 13.5. The zero-order valence-electron chi connectivity index (χ0n) is 20.8. The van der Waals surface area contributed by atoms with Gasteiger partial charge in [-0.15, -0.1) is 6.58 Å². The van der Waals surface area contributed by atoms with Gasteiger partial charge in [0.2, 0.25) is 0 Å². The molecule has 0 spiro atoms. The summed E-state index contributed by atoms with van der Waals surface area (Å²) in [5.41, 5.74) is 3.21. The molecular formula is C25H38N2O7. The highest BCUT2D eigenvalue weighted by Crippen LogP contribution is 2.67. The number of nitrogens with one attached hydrogen (secondary N) is 1. The summed E-state index contributed by atoms with van der Waals surface area (Å²) >= 11 is 0. The molecule has 9 nitrogen and oxygen atoms in total. The molecule has 9 atom stereocenters. The molecule has 3 aliphatic carbocycles. The molecular weight excluding hydrogens is 440 g/mol. The Labute approximate surface area is 200 Å². The van der Waals surface area contributed by atoms with Crippen LogP contribution in [0.2, 0.25) is 0 Å². The second-order valence-electron chi connectivity index (χ2n) is 11.1. The van der Waals surface area contributed by atoms with Crippen LogP contribution in [0.3, 0.4) is 0 Å². The number of ketones is 1. The molecule has 0 aliphatic heterocycles. The molecule has 0 heterocycles. The lowest BCUT2D eigenvalue weighted by atomic mass is 9.44. The molecule has 3 rings (SSSR count). The number of aliphatic hydroxyl groups is 1. The second kappa shape index (κ2) is 8.98. The maximum absolute atomic E-state index is 13.3. The van der Waals surface area contributed by atoms with Gasteiger partial charge in [0.05, 0.1) is 6.10 Å². The third kappa shape index (κ3) is 4.01. The number of amides is 3. The van der Waals surface area contributed by atoms with E-state index in [-0.39, 0.29) is 30.0 Å². The number of Topliss-reactive ketones (excluding diaryl/α,β-unsaturated/α-hetero) is 1. The molecule has 4 N–H and O–H groups in total. The van der Waals surface area contributed by atoms with Crippen molar-refractivity contribution in [3.8, 4) is 0 Å².